The van der Waals surface area contributed by atoms with Gasteiger partial charge in [-0.15, -0.1) is 0 Å². The Kier molecular flexibility index (Phi) is 3.80. The Hall–Kier alpha value is -3.16. The monoisotopic (exact) mass is 313 g/mol. The SMILES string of the molecule is CCCn1nc(NC=O)c2cc(-n3cc(C(=O)O)cn3)ccc21. The maximum absolute atomic E-state index is 11.0. The van der Waals surface area contributed by atoms with Gasteiger partial charge in [-0.05, 0) is 24.6 Å². The Morgan fingerprint density at radius 3 is 2.91 bits per heavy atom. The number of hydrogen-bond donors (Lipinski definition) is 2. The van der Waals surface area contributed by atoms with Gasteiger partial charge in [0.25, 0.3) is 0 Å². The van der Waals surface area contributed by atoms with Crippen LogP contribution in [0, 0.1) is 0 Å². The summed E-state index contributed by atoms with van der Waals surface area (Å²) in [6.07, 6.45) is 4.23. The molecule has 0 saturated carbocycles. The smallest absolute Gasteiger partial charge is 0.338 e. The Labute approximate surface area is 131 Å². The van der Waals surface area contributed by atoms with Crippen LogP contribution in [0.25, 0.3) is 16.6 Å². The summed E-state index contributed by atoms with van der Waals surface area (Å²) in [5, 5.41) is 20.8. The Morgan fingerprint density at radius 1 is 1.43 bits per heavy atom. The van der Waals surface area contributed by atoms with E-state index in [0.29, 0.717) is 17.9 Å². The van der Waals surface area contributed by atoms with Gasteiger partial charge in [-0.1, -0.05) is 6.92 Å². The van der Waals surface area contributed by atoms with Crippen molar-refractivity contribution in [3.63, 3.8) is 0 Å². The number of aryl methyl sites for hydroxylation is 1. The molecular weight excluding hydrogens is 298 g/mol. The van der Waals surface area contributed by atoms with Crippen molar-refractivity contribution < 1.29 is 14.7 Å². The van der Waals surface area contributed by atoms with Crippen molar-refractivity contribution in [1.29, 1.82) is 0 Å². The fourth-order valence-corrected chi connectivity index (χ4v) is 2.43. The molecule has 23 heavy (non-hydrogen) atoms. The quantitative estimate of drug-likeness (QED) is 0.677. The van der Waals surface area contributed by atoms with Crippen molar-refractivity contribution in [3.05, 3.63) is 36.2 Å². The van der Waals surface area contributed by atoms with Crippen LogP contribution < -0.4 is 5.32 Å². The largest absolute Gasteiger partial charge is 0.478 e. The number of hydrogen-bond acceptors (Lipinski definition) is 4. The molecule has 3 aromatic rings. The first-order valence-electron chi connectivity index (χ1n) is 7.13. The average Bonchev–Trinajstić information content (AvgIpc) is 3.14. The van der Waals surface area contributed by atoms with Gasteiger partial charge in [0, 0.05) is 18.1 Å². The molecular formula is C15H15N5O3. The number of benzene rings is 1. The molecule has 0 atom stereocenters. The van der Waals surface area contributed by atoms with Gasteiger partial charge < -0.3 is 10.4 Å². The normalized spacial score (nSPS) is 10.8. The van der Waals surface area contributed by atoms with Crippen LogP contribution in [0.5, 0.6) is 0 Å². The minimum atomic E-state index is -1.03. The third-order valence-electron chi connectivity index (χ3n) is 3.46. The minimum Gasteiger partial charge on any atom is -0.478 e. The van der Waals surface area contributed by atoms with Crippen LogP contribution in [0.4, 0.5) is 5.82 Å². The zero-order chi connectivity index (χ0) is 16.4. The summed E-state index contributed by atoms with van der Waals surface area (Å²) >= 11 is 0. The number of aromatic nitrogens is 4. The van der Waals surface area contributed by atoms with Crippen molar-refractivity contribution in [3.8, 4) is 5.69 Å². The van der Waals surface area contributed by atoms with Gasteiger partial charge in [0.15, 0.2) is 5.82 Å². The van der Waals surface area contributed by atoms with E-state index < -0.39 is 5.97 Å². The lowest BCUT2D eigenvalue weighted by Gasteiger charge is -2.03. The van der Waals surface area contributed by atoms with Crippen molar-refractivity contribution in [1.82, 2.24) is 19.6 Å². The maximum atomic E-state index is 11.0. The molecule has 0 aliphatic rings. The van der Waals surface area contributed by atoms with Crippen LogP contribution in [0.2, 0.25) is 0 Å². The molecule has 3 rings (SSSR count). The van der Waals surface area contributed by atoms with Gasteiger partial charge in [-0.3, -0.25) is 9.48 Å². The van der Waals surface area contributed by atoms with Crippen LogP contribution in [-0.4, -0.2) is 37.0 Å². The van der Waals surface area contributed by atoms with E-state index in [1.165, 1.54) is 17.1 Å². The number of rotatable bonds is 6. The van der Waals surface area contributed by atoms with E-state index in [-0.39, 0.29) is 5.56 Å². The molecule has 0 fully saturated rings. The highest BCUT2D eigenvalue weighted by Gasteiger charge is 2.12. The summed E-state index contributed by atoms with van der Waals surface area (Å²) in [5.74, 6) is -0.563. The number of nitrogens with zero attached hydrogens (tertiary/aromatic N) is 4. The van der Waals surface area contributed by atoms with Crippen molar-refractivity contribution in [2.45, 2.75) is 19.9 Å². The van der Waals surface area contributed by atoms with Gasteiger partial charge in [0.1, 0.15) is 0 Å². The van der Waals surface area contributed by atoms with Crippen LogP contribution in [0.15, 0.2) is 30.6 Å². The first-order chi connectivity index (χ1) is 11.1. The van der Waals surface area contributed by atoms with E-state index in [9.17, 15) is 9.59 Å². The topological polar surface area (TPSA) is 102 Å². The van der Waals surface area contributed by atoms with Gasteiger partial charge >= 0.3 is 5.97 Å². The number of carbonyl (C=O) groups excluding carboxylic acids is 1. The number of amides is 1. The first-order valence-corrected chi connectivity index (χ1v) is 7.13. The predicted molar refractivity (Wildman–Crippen MR) is 83.8 cm³/mol. The summed E-state index contributed by atoms with van der Waals surface area (Å²) in [5.41, 5.74) is 1.69. The number of carbonyl (C=O) groups is 2. The number of carboxylic acid groups (broad SMARTS) is 1. The lowest BCUT2D eigenvalue weighted by atomic mass is 10.2. The standard InChI is InChI=1S/C15H15N5O3/c1-2-5-19-13-4-3-11(6-12(13)14(18-19)16-9-21)20-8-10(7-17-20)15(22)23/h3-4,6-9H,2,5H2,1H3,(H,22,23)(H,16,18,21). The molecule has 118 valence electrons. The van der Waals surface area contributed by atoms with Crippen LogP contribution >= 0.6 is 0 Å². The van der Waals surface area contributed by atoms with Gasteiger partial charge in [0.05, 0.1) is 23.0 Å². The van der Waals surface area contributed by atoms with E-state index in [1.54, 1.807) is 0 Å². The molecule has 0 spiro atoms. The summed E-state index contributed by atoms with van der Waals surface area (Å²) in [4.78, 5) is 21.7. The van der Waals surface area contributed by atoms with E-state index in [1.807, 2.05) is 29.8 Å². The molecule has 2 N–H and O–H groups in total. The second kappa shape index (κ2) is 5.91. The summed E-state index contributed by atoms with van der Waals surface area (Å²) in [6, 6.07) is 5.53. The molecule has 1 aromatic carbocycles. The molecule has 0 saturated heterocycles. The second-order valence-corrected chi connectivity index (χ2v) is 5.01. The summed E-state index contributed by atoms with van der Waals surface area (Å²) in [6.45, 7) is 2.78. The lowest BCUT2D eigenvalue weighted by molar-refractivity contribution is -0.105. The molecule has 2 aromatic heterocycles. The van der Waals surface area contributed by atoms with E-state index >= 15 is 0 Å². The minimum absolute atomic E-state index is 0.109. The van der Waals surface area contributed by atoms with Gasteiger partial charge in [0.2, 0.25) is 6.41 Å². The van der Waals surface area contributed by atoms with Crippen molar-refractivity contribution >= 4 is 29.1 Å². The molecule has 8 heteroatoms. The number of fused-ring (bicyclic) bond motifs is 1. The number of nitrogens with one attached hydrogen (secondary N) is 1. The highest BCUT2D eigenvalue weighted by Crippen LogP contribution is 2.25. The molecule has 0 aliphatic heterocycles. The average molecular weight is 313 g/mol. The number of anilines is 1. The Morgan fingerprint density at radius 2 is 2.26 bits per heavy atom. The number of aromatic carboxylic acids is 1. The Bertz CT molecular complexity index is 881. The van der Waals surface area contributed by atoms with E-state index in [0.717, 1.165) is 23.9 Å². The molecule has 0 bridgehead atoms. The van der Waals surface area contributed by atoms with E-state index in [4.69, 9.17) is 5.11 Å². The molecule has 0 aliphatic carbocycles. The van der Waals surface area contributed by atoms with Crippen LogP contribution in [0.1, 0.15) is 23.7 Å². The third-order valence-corrected chi connectivity index (χ3v) is 3.46. The lowest BCUT2D eigenvalue weighted by Crippen LogP contribution is -2.00. The van der Waals surface area contributed by atoms with E-state index in [2.05, 4.69) is 15.5 Å². The van der Waals surface area contributed by atoms with Gasteiger partial charge in [-0.25, -0.2) is 9.48 Å². The first kappa shape index (κ1) is 14.8. The molecule has 0 unspecified atom stereocenters. The summed E-state index contributed by atoms with van der Waals surface area (Å²) in [7, 11) is 0. The zero-order valence-electron chi connectivity index (χ0n) is 12.4. The van der Waals surface area contributed by atoms with Crippen molar-refractivity contribution in [2.24, 2.45) is 0 Å². The molecule has 1 amide bonds. The second-order valence-electron chi connectivity index (χ2n) is 5.01. The molecule has 2 heterocycles. The number of carboxylic acids is 1. The maximum Gasteiger partial charge on any atom is 0.338 e. The van der Waals surface area contributed by atoms with Gasteiger partial charge in [-0.2, -0.15) is 10.2 Å². The zero-order valence-corrected chi connectivity index (χ0v) is 12.4. The third kappa shape index (κ3) is 2.66. The van der Waals surface area contributed by atoms with Crippen molar-refractivity contribution in [2.75, 3.05) is 5.32 Å². The van der Waals surface area contributed by atoms with Crippen LogP contribution in [-0.2, 0) is 11.3 Å². The van der Waals surface area contributed by atoms with Crippen LogP contribution in [0.3, 0.4) is 0 Å². The predicted octanol–water partition coefficient (Wildman–Crippen LogP) is 1.90. The fourth-order valence-electron chi connectivity index (χ4n) is 2.43. The fraction of sp³-hybridized carbons (Fsp3) is 0.200. The highest BCUT2D eigenvalue weighted by atomic mass is 16.4. The Balaban J connectivity index is 2.10. The molecule has 0 radical (unpaired) electrons. The summed E-state index contributed by atoms with van der Waals surface area (Å²) < 4.78 is 3.31. The highest BCUT2D eigenvalue weighted by molar-refractivity contribution is 5.95. The molecule has 8 nitrogen and oxygen atoms in total.